The largest absolute Gasteiger partial charge is 0.497 e. The van der Waals surface area contributed by atoms with Gasteiger partial charge in [0.2, 0.25) is 21.8 Å². The van der Waals surface area contributed by atoms with E-state index < -0.39 is 28.5 Å². The van der Waals surface area contributed by atoms with Gasteiger partial charge in [-0.25, -0.2) is 8.42 Å². The molecule has 10 heteroatoms. The number of ether oxygens (including phenoxy) is 1. The van der Waals surface area contributed by atoms with Crippen molar-refractivity contribution in [2.45, 2.75) is 25.9 Å². The van der Waals surface area contributed by atoms with Gasteiger partial charge >= 0.3 is 0 Å². The first-order valence-electron chi connectivity index (χ1n) is 12.1. The highest BCUT2D eigenvalue weighted by Gasteiger charge is 2.33. The number of amides is 2. The molecule has 3 aromatic carbocycles. The number of carbonyl (C=O) groups excluding carboxylic acids is 2. The van der Waals surface area contributed by atoms with Gasteiger partial charge in [0, 0.05) is 24.0 Å². The average Bonchev–Trinajstić information content (AvgIpc) is 2.89. The van der Waals surface area contributed by atoms with Crippen molar-refractivity contribution in [1.29, 1.82) is 0 Å². The molecule has 202 valence electrons. The maximum absolute atomic E-state index is 14.0. The van der Waals surface area contributed by atoms with E-state index in [9.17, 15) is 18.0 Å². The van der Waals surface area contributed by atoms with Crippen LogP contribution in [0.2, 0.25) is 0 Å². The van der Waals surface area contributed by atoms with E-state index in [1.807, 2.05) is 43.3 Å². The summed E-state index contributed by atoms with van der Waals surface area (Å²) in [5.41, 5.74) is 1.96. The van der Waals surface area contributed by atoms with E-state index in [0.717, 1.165) is 21.7 Å². The third-order valence-corrected chi connectivity index (χ3v) is 7.52. The molecule has 0 saturated heterocycles. The Bertz CT molecular complexity index is 1350. The number of hydrogen-bond donors (Lipinski definition) is 1. The Hall–Kier alpha value is -3.37. The van der Waals surface area contributed by atoms with Crippen molar-refractivity contribution in [3.05, 3.63) is 94.5 Å². The van der Waals surface area contributed by atoms with Gasteiger partial charge in [-0.1, -0.05) is 64.5 Å². The van der Waals surface area contributed by atoms with Crippen molar-refractivity contribution in [3.8, 4) is 5.75 Å². The molecule has 8 nitrogen and oxygen atoms in total. The first-order chi connectivity index (χ1) is 18.1. The molecule has 0 aliphatic rings. The molecule has 0 spiro atoms. The summed E-state index contributed by atoms with van der Waals surface area (Å²) in [4.78, 5) is 28.7. The SMILES string of the molecule is CCNC(=O)C(Cc1ccccc1)N(Cc1cccc(OC)c1)C(=O)CN(c1cccc(Br)c1)S(C)(=O)=O. The van der Waals surface area contributed by atoms with Crippen LogP contribution < -0.4 is 14.4 Å². The maximum atomic E-state index is 14.0. The molecule has 0 aromatic heterocycles. The predicted octanol–water partition coefficient (Wildman–Crippen LogP) is 4.00. The van der Waals surface area contributed by atoms with Gasteiger partial charge in [-0.05, 0) is 48.4 Å². The number of hydrogen-bond acceptors (Lipinski definition) is 5. The second kappa shape index (κ2) is 13.4. The zero-order valence-corrected chi connectivity index (χ0v) is 24.0. The van der Waals surface area contributed by atoms with Crippen molar-refractivity contribution in [2.75, 3.05) is 30.8 Å². The summed E-state index contributed by atoms with van der Waals surface area (Å²) in [6.45, 7) is 1.81. The summed E-state index contributed by atoms with van der Waals surface area (Å²) >= 11 is 3.37. The van der Waals surface area contributed by atoms with Crippen LogP contribution in [0.25, 0.3) is 0 Å². The van der Waals surface area contributed by atoms with Gasteiger partial charge in [0.15, 0.2) is 0 Å². The summed E-state index contributed by atoms with van der Waals surface area (Å²) in [5, 5.41) is 2.84. The van der Waals surface area contributed by atoms with Gasteiger partial charge in [-0.3, -0.25) is 13.9 Å². The fourth-order valence-electron chi connectivity index (χ4n) is 4.06. The van der Waals surface area contributed by atoms with Crippen LogP contribution in [0.4, 0.5) is 5.69 Å². The Morgan fingerprint density at radius 1 is 0.974 bits per heavy atom. The molecule has 0 aliphatic heterocycles. The minimum absolute atomic E-state index is 0.0841. The second-order valence-electron chi connectivity index (χ2n) is 8.72. The summed E-state index contributed by atoms with van der Waals surface area (Å²) in [5.74, 6) is -0.217. The molecular formula is C28H32BrN3O5S. The molecule has 2 amide bonds. The Labute approximate surface area is 232 Å². The van der Waals surface area contributed by atoms with Crippen LogP contribution in [0.5, 0.6) is 5.75 Å². The minimum Gasteiger partial charge on any atom is -0.497 e. The number of anilines is 1. The Balaban J connectivity index is 2.05. The molecule has 38 heavy (non-hydrogen) atoms. The summed E-state index contributed by atoms with van der Waals surface area (Å²) in [6.07, 6.45) is 1.32. The molecule has 0 fully saturated rings. The van der Waals surface area contributed by atoms with E-state index in [0.29, 0.717) is 22.5 Å². The van der Waals surface area contributed by atoms with Crippen LogP contribution in [0.3, 0.4) is 0 Å². The number of sulfonamides is 1. The van der Waals surface area contributed by atoms with E-state index in [-0.39, 0.29) is 18.9 Å². The predicted molar refractivity (Wildman–Crippen MR) is 152 cm³/mol. The number of benzene rings is 3. The molecule has 0 heterocycles. The van der Waals surface area contributed by atoms with Crippen molar-refractivity contribution >= 4 is 43.5 Å². The molecule has 3 rings (SSSR count). The Morgan fingerprint density at radius 3 is 2.29 bits per heavy atom. The average molecular weight is 603 g/mol. The Morgan fingerprint density at radius 2 is 1.66 bits per heavy atom. The number of rotatable bonds is 12. The lowest BCUT2D eigenvalue weighted by Crippen LogP contribution is -2.53. The van der Waals surface area contributed by atoms with Gasteiger partial charge in [0.25, 0.3) is 0 Å². The van der Waals surface area contributed by atoms with Gasteiger partial charge in [0.1, 0.15) is 18.3 Å². The molecule has 0 bridgehead atoms. The van der Waals surface area contributed by atoms with E-state index >= 15 is 0 Å². The lowest BCUT2D eigenvalue weighted by Gasteiger charge is -2.33. The van der Waals surface area contributed by atoms with Crippen LogP contribution in [0, 0.1) is 0 Å². The number of methoxy groups -OCH3 is 1. The van der Waals surface area contributed by atoms with Crippen LogP contribution in [-0.2, 0) is 32.6 Å². The monoisotopic (exact) mass is 601 g/mol. The fourth-order valence-corrected chi connectivity index (χ4v) is 5.29. The van der Waals surface area contributed by atoms with E-state index in [1.54, 1.807) is 49.6 Å². The highest BCUT2D eigenvalue weighted by Crippen LogP contribution is 2.24. The quantitative estimate of drug-likeness (QED) is 0.338. The topological polar surface area (TPSA) is 96.0 Å². The van der Waals surface area contributed by atoms with Gasteiger partial charge < -0.3 is 15.0 Å². The van der Waals surface area contributed by atoms with Crippen molar-refractivity contribution in [1.82, 2.24) is 10.2 Å². The van der Waals surface area contributed by atoms with Crippen LogP contribution in [0.15, 0.2) is 83.3 Å². The number of likely N-dealkylation sites (N-methyl/N-ethyl adjacent to an activating group) is 1. The van der Waals surface area contributed by atoms with Gasteiger partial charge in [-0.15, -0.1) is 0 Å². The standard InChI is InChI=1S/C28H32BrN3O5S/c1-4-30-28(34)26(17-21-10-6-5-7-11-21)31(19-22-12-8-15-25(16-22)37-2)27(33)20-32(38(3,35)36)24-14-9-13-23(29)18-24/h5-16,18,26H,4,17,19-20H2,1-3H3,(H,30,34). The summed E-state index contributed by atoms with van der Waals surface area (Å²) in [7, 11) is -2.26. The number of nitrogens with zero attached hydrogens (tertiary/aromatic N) is 2. The van der Waals surface area contributed by atoms with Gasteiger partial charge in [0.05, 0.1) is 19.1 Å². The molecule has 3 aromatic rings. The van der Waals surface area contributed by atoms with Crippen molar-refractivity contribution < 1.29 is 22.7 Å². The highest BCUT2D eigenvalue weighted by molar-refractivity contribution is 9.10. The fraction of sp³-hybridized carbons (Fsp3) is 0.286. The van der Waals surface area contributed by atoms with Crippen LogP contribution >= 0.6 is 15.9 Å². The lowest BCUT2D eigenvalue weighted by atomic mass is 10.0. The first-order valence-corrected chi connectivity index (χ1v) is 14.7. The first kappa shape index (κ1) is 29.2. The van der Waals surface area contributed by atoms with E-state index in [2.05, 4.69) is 21.2 Å². The Kier molecular flexibility index (Phi) is 10.3. The summed E-state index contributed by atoms with van der Waals surface area (Å²) < 4.78 is 32.6. The number of halogens is 1. The van der Waals surface area contributed by atoms with E-state index in [1.165, 1.54) is 4.90 Å². The van der Waals surface area contributed by atoms with Crippen LogP contribution in [-0.4, -0.2) is 57.6 Å². The summed E-state index contributed by atoms with van der Waals surface area (Å²) in [6, 6.07) is 22.5. The van der Waals surface area contributed by atoms with Crippen LogP contribution in [0.1, 0.15) is 18.1 Å². The minimum atomic E-state index is -3.82. The highest BCUT2D eigenvalue weighted by atomic mass is 79.9. The number of carbonyl (C=O) groups is 2. The molecule has 0 radical (unpaired) electrons. The maximum Gasteiger partial charge on any atom is 0.244 e. The normalized spacial score (nSPS) is 11.9. The molecule has 1 N–H and O–H groups in total. The molecular weight excluding hydrogens is 570 g/mol. The second-order valence-corrected chi connectivity index (χ2v) is 11.5. The molecule has 1 atom stereocenters. The number of nitrogens with one attached hydrogen (secondary N) is 1. The molecule has 0 saturated carbocycles. The van der Waals surface area contributed by atoms with Gasteiger partial charge in [-0.2, -0.15) is 0 Å². The lowest BCUT2D eigenvalue weighted by molar-refractivity contribution is -0.140. The zero-order valence-electron chi connectivity index (χ0n) is 21.6. The van der Waals surface area contributed by atoms with Crippen molar-refractivity contribution in [3.63, 3.8) is 0 Å². The smallest absolute Gasteiger partial charge is 0.244 e. The molecule has 0 aliphatic carbocycles. The third-order valence-electron chi connectivity index (χ3n) is 5.88. The zero-order chi connectivity index (χ0) is 27.7. The molecule has 1 unspecified atom stereocenters. The van der Waals surface area contributed by atoms with E-state index in [4.69, 9.17) is 4.74 Å². The van der Waals surface area contributed by atoms with Crippen molar-refractivity contribution in [2.24, 2.45) is 0 Å². The third kappa shape index (κ3) is 8.06.